The van der Waals surface area contributed by atoms with E-state index in [0.29, 0.717) is 34.8 Å². The largest absolute Gasteiger partial charge is 0.299 e. The summed E-state index contributed by atoms with van der Waals surface area (Å²) in [5.74, 6) is -0.204. The van der Waals surface area contributed by atoms with Gasteiger partial charge in [0, 0.05) is 22.7 Å². The number of benzene rings is 2. The van der Waals surface area contributed by atoms with Gasteiger partial charge in [0.05, 0.1) is 5.69 Å². The van der Waals surface area contributed by atoms with E-state index in [1.54, 1.807) is 42.5 Å². The van der Waals surface area contributed by atoms with Crippen LogP contribution in [0.3, 0.4) is 0 Å². The third kappa shape index (κ3) is 5.06. The average Bonchev–Trinajstić information content (AvgIpc) is 2.53. The summed E-state index contributed by atoms with van der Waals surface area (Å²) in [7, 11) is -3.64. The fraction of sp³-hybridized carbons (Fsp3) is 0.188. The van der Waals surface area contributed by atoms with Gasteiger partial charge >= 0.3 is 0 Å². The van der Waals surface area contributed by atoms with Gasteiger partial charge in [0.25, 0.3) is 10.2 Å². The van der Waals surface area contributed by atoms with Crippen LogP contribution in [0.4, 0.5) is 5.69 Å². The van der Waals surface area contributed by atoms with E-state index in [4.69, 9.17) is 11.6 Å². The molecule has 2 rings (SSSR count). The average molecular weight is 353 g/mol. The van der Waals surface area contributed by atoms with Gasteiger partial charge in [-0.25, -0.2) is 0 Å². The van der Waals surface area contributed by atoms with Crippen LogP contribution in [0.5, 0.6) is 0 Å². The molecule has 0 amide bonds. The molecule has 0 heterocycles. The second-order valence-electron chi connectivity index (χ2n) is 4.92. The Bertz CT molecular complexity index is 789. The Labute approximate surface area is 140 Å². The van der Waals surface area contributed by atoms with Gasteiger partial charge in [-0.2, -0.15) is 13.1 Å². The molecule has 0 saturated heterocycles. The molecule has 0 saturated carbocycles. The van der Waals surface area contributed by atoms with Gasteiger partial charge in [-0.1, -0.05) is 30.7 Å². The monoisotopic (exact) mass is 352 g/mol. The number of carbonyl (C=O) groups is 1. The summed E-state index contributed by atoms with van der Waals surface area (Å²) in [6.07, 6.45) is 0.690. The van der Waals surface area contributed by atoms with Crippen LogP contribution in [-0.4, -0.2) is 20.7 Å². The second kappa shape index (κ2) is 7.59. The molecule has 122 valence electrons. The zero-order valence-corrected chi connectivity index (χ0v) is 14.1. The maximum absolute atomic E-state index is 12.4. The van der Waals surface area contributed by atoms with Crippen LogP contribution >= 0.6 is 11.6 Å². The highest BCUT2D eigenvalue weighted by Crippen LogP contribution is 2.17. The van der Waals surface area contributed by atoms with Crippen molar-refractivity contribution < 1.29 is 13.2 Å². The van der Waals surface area contributed by atoms with Gasteiger partial charge in [0.15, 0.2) is 5.78 Å². The molecule has 0 unspecified atom stereocenters. The van der Waals surface area contributed by atoms with E-state index >= 15 is 0 Å². The van der Waals surface area contributed by atoms with E-state index in [1.807, 2.05) is 6.92 Å². The van der Waals surface area contributed by atoms with E-state index in [2.05, 4.69) is 9.44 Å². The van der Waals surface area contributed by atoms with Crippen molar-refractivity contribution in [1.29, 1.82) is 0 Å². The fourth-order valence-electron chi connectivity index (χ4n) is 1.92. The molecule has 0 spiro atoms. The van der Waals surface area contributed by atoms with Gasteiger partial charge in [0.2, 0.25) is 0 Å². The summed E-state index contributed by atoms with van der Waals surface area (Å²) in [4.78, 5) is 12.4. The smallest absolute Gasteiger partial charge is 0.289 e. The van der Waals surface area contributed by atoms with Crippen molar-refractivity contribution >= 4 is 33.3 Å². The van der Waals surface area contributed by atoms with Crippen LogP contribution in [0.25, 0.3) is 0 Å². The molecule has 0 atom stereocenters. The summed E-state index contributed by atoms with van der Waals surface area (Å²) < 4.78 is 28.5. The number of halogens is 1. The molecule has 0 bridgehead atoms. The van der Waals surface area contributed by atoms with E-state index in [9.17, 15) is 13.2 Å². The zero-order chi connectivity index (χ0) is 16.9. The van der Waals surface area contributed by atoms with Crippen LogP contribution in [0.15, 0.2) is 48.5 Å². The van der Waals surface area contributed by atoms with Crippen LogP contribution in [0.1, 0.15) is 29.3 Å². The van der Waals surface area contributed by atoms with Crippen molar-refractivity contribution in [3.63, 3.8) is 0 Å². The molecule has 0 radical (unpaired) electrons. The minimum atomic E-state index is -3.64. The van der Waals surface area contributed by atoms with Gasteiger partial charge in [0.1, 0.15) is 0 Å². The quantitative estimate of drug-likeness (QED) is 0.751. The van der Waals surface area contributed by atoms with Crippen LogP contribution in [0.2, 0.25) is 5.02 Å². The molecular weight excluding hydrogens is 336 g/mol. The lowest BCUT2D eigenvalue weighted by Crippen LogP contribution is -2.30. The molecule has 0 aliphatic heterocycles. The van der Waals surface area contributed by atoms with Crippen molar-refractivity contribution in [3.8, 4) is 0 Å². The Morgan fingerprint density at radius 2 is 1.78 bits per heavy atom. The first-order valence-corrected chi connectivity index (χ1v) is 8.95. The summed E-state index contributed by atoms with van der Waals surface area (Å²) in [6, 6.07) is 12.9. The van der Waals surface area contributed by atoms with E-state index < -0.39 is 10.2 Å². The summed E-state index contributed by atoms with van der Waals surface area (Å²) >= 11 is 5.81. The second-order valence-corrected chi connectivity index (χ2v) is 6.85. The number of rotatable bonds is 7. The summed E-state index contributed by atoms with van der Waals surface area (Å²) in [6.45, 7) is 2.21. The maximum Gasteiger partial charge on any atom is 0.299 e. The SMILES string of the molecule is CCCNS(=O)(=O)Nc1cccc(C(=O)c2ccc(Cl)cc2)c1. The fourth-order valence-corrected chi connectivity index (χ4v) is 3.03. The first-order valence-electron chi connectivity index (χ1n) is 7.09. The Kier molecular flexibility index (Phi) is 5.76. The van der Waals surface area contributed by atoms with Gasteiger partial charge < -0.3 is 0 Å². The minimum Gasteiger partial charge on any atom is -0.289 e. The standard InChI is InChI=1S/C16H17ClN2O3S/c1-2-10-18-23(21,22)19-15-5-3-4-13(11-15)16(20)12-6-8-14(17)9-7-12/h3-9,11,18-19H,2,10H2,1H3. The topological polar surface area (TPSA) is 75.3 Å². The number of hydrogen-bond donors (Lipinski definition) is 2. The van der Waals surface area contributed by atoms with Crippen molar-refractivity contribution in [3.05, 3.63) is 64.7 Å². The molecule has 23 heavy (non-hydrogen) atoms. The van der Waals surface area contributed by atoms with Crippen molar-refractivity contribution in [2.45, 2.75) is 13.3 Å². The van der Waals surface area contributed by atoms with Crippen molar-refractivity contribution in [2.24, 2.45) is 0 Å². The Morgan fingerprint density at radius 3 is 2.43 bits per heavy atom. The highest BCUT2D eigenvalue weighted by Gasteiger charge is 2.12. The number of anilines is 1. The Morgan fingerprint density at radius 1 is 1.09 bits per heavy atom. The van der Waals surface area contributed by atoms with Crippen LogP contribution in [-0.2, 0) is 10.2 Å². The molecule has 2 N–H and O–H groups in total. The van der Waals surface area contributed by atoms with E-state index in [0.717, 1.165) is 0 Å². The van der Waals surface area contributed by atoms with Gasteiger partial charge in [-0.15, -0.1) is 0 Å². The molecule has 7 heteroatoms. The van der Waals surface area contributed by atoms with E-state index in [-0.39, 0.29) is 5.78 Å². The molecular formula is C16H17ClN2O3S. The maximum atomic E-state index is 12.4. The van der Waals surface area contributed by atoms with Crippen LogP contribution in [0, 0.1) is 0 Å². The third-order valence-electron chi connectivity index (χ3n) is 3.03. The predicted molar refractivity (Wildman–Crippen MR) is 92.2 cm³/mol. The lowest BCUT2D eigenvalue weighted by atomic mass is 10.0. The molecule has 2 aromatic rings. The highest BCUT2D eigenvalue weighted by molar-refractivity contribution is 7.90. The number of nitrogens with one attached hydrogen (secondary N) is 2. The minimum absolute atomic E-state index is 0.204. The summed E-state index contributed by atoms with van der Waals surface area (Å²) in [5, 5.41) is 0.546. The third-order valence-corrected chi connectivity index (χ3v) is 4.37. The Hall–Kier alpha value is -1.89. The predicted octanol–water partition coefficient (Wildman–Crippen LogP) is 3.23. The molecule has 0 aromatic heterocycles. The number of carbonyl (C=O) groups excluding carboxylic acids is 1. The number of ketones is 1. The molecule has 5 nitrogen and oxygen atoms in total. The zero-order valence-electron chi connectivity index (χ0n) is 12.5. The molecule has 0 aliphatic rings. The lowest BCUT2D eigenvalue weighted by molar-refractivity contribution is 0.103. The van der Waals surface area contributed by atoms with E-state index in [1.165, 1.54) is 6.07 Å². The van der Waals surface area contributed by atoms with Gasteiger partial charge in [-0.05, 0) is 42.8 Å². The summed E-state index contributed by atoms with van der Waals surface area (Å²) in [5.41, 5.74) is 1.20. The molecule has 0 aliphatic carbocycles. The van der Waals surface area contributed by atoms with Crippen molar-refractivity contribution in [2.75, 3.05) is 11.3 Å². The highest BCUT2D eigenvalue weighted by atomic mass is 35.5. The lowest BCUT2D eigenvalue weighted by Gasteiger charge is -2.10. The van der Waals surface area contributed by atoms with Crippen molar-refractivity contribution in [1.82, 2.24) is 4.72 Å². The molecule has 0 fully saturated rings. The van der Waals surface area contributed by atoms with Crippen LogP contribution < -0.4 is 9.44 Å². The van der Waals surface area contributed by atoms with Gasteiger partial charge in [-0.3, -0.25) is 9.52 Å². The first-order chi connectivity index (χ1) is 10.9. The first kappa shape index (κ1) is 17.5. The number of hydrogen-bond acceptors (Lipinski definition) is 3. The Balaban J connectivity index is 2.19. The normalized spacial score (nSPS) is 11.2. The molecule has 2 aromatic carbocycles.